The van der Waals surface area contributed by atoms with Gasteiger partial charge in [0.1, 0.15) is 0 Å². The van der Waals surface area contributed by atoms with Gasteiger partial charge in [0.2, 0.25) is 0 Å². The van der Waals surface area contributed by atoms with Crippen molar-refractivity contribution in [2.45, 2.75) is 45.7 Å². The lowest BCUT2D eigenvalue weighted by molar-refractivity contribution is 0.0785. The Morgan fingerprint density at radius 1 is 1.47 bits per heavy atom. The second-order valence-electron chi connectivity index (χ2n) is 6.97. The first-order valence-electron chi connectivity index (χ1n) is 7.20. The molecule has 0 aliphatic heterocycles. The van der Waals surface area contributed by atoms with E-state index in [1.165, 1.54) is 18.4 Å². The van der Waals surface area contributed by atoms with Gasteiger partial charge < -0.3 is 5.73 Å². The molecule has 2 rings (SSSR count). The van der Waals surface area contributed by atoms with Crippen molar-refractivity contribution in [2.24, 2.45) is 17.1 Å². The van der Waals surface area contributed by atoms with E-state index in [0.717, 1.165) is 13.1 Å². The van der Waals surface area contributed by atoms with Crippen LogP contribution in [0.4, 0.5) is 0 Å². The van der Waals surface area contributed by atoms with Crippen LogP contribution in [0.1, 0.15) is 39.2 Å². The standard InChI is InChI=1S/C16H27N3/c1-13-8-15(2,3)11-16(13,12-17)19(4)10-14-6-5-7-18-9-14/h5-7,9,13H,8,10-12,17H2,1-4H3. The zero-order valence-electron chi connectivity index (χ0n) is 12.7. The molecule has 0 saturated heterocycles. The van der Waals surface area contributed by atoms with Gasteiger partial charge in [0.25, 0.3) is 0 Å². The van der Waals surface area contributed by atoms with Crippen molar-refractivity contribution in [1.82, 2.24) is 9.88 Å². The quantitative estimate of drug-likeness (QED) is 0.906. The van der Waals surface area contributed by atoms with E-state index in [9.17, 15) is 0 Å². The summed E-state index contributed by atoms with van der Waals surface area (Å²) in [6.45, 7) is 8.72. The second-order valence-corrected chi connectivity index (χ2v) is 6.97. The maximum atomic E-state index is 6.18. The third kappa shape index (κ3) is 2.82. The molecule has 2 atom stereocenters. The normalized spacial score (nSPS) is 29.9. The van der Waals surface area contributed by atoms with Crippen molar-refractivity contribution in [1.29, 1.82) is 0 Å². The van der Waals surface area contributed by atoms with Gasteiger partial charge in [-0.25, -0.2) is 0 Å². The van der Waals surface area contributed by atoms with Gasteiger partial charge in [-0.05, 0) is 42.9 Å². The van der Waals surface area contributed by atoms with Crippen LogP contribution >= 0.6 is 0 Å². The molecule has 1 heterocycles. The van der Waals surface area contributed by atoms with Crippen LogP contribution in [0.2, 0.25) is 0 Å². The van der Waals surface area contributed by atoms with Gasteiger partial charge in [0.15, 0.2) is 0 Å². The van der Waals surface area contributed by atoms with E-state index in [0.29, 0.717) is 11.3 Å². The highest BCUT2D eigenvalue weighted by Crippen LogP contribution is 2.49. The largest absolute Gasteiger partial charge is 0.329 e. The molecule has 1 saturated carbocycles. The predicted molar refractivity (Wildman–Crippen MR) is 79.7 cm³/mol. The summed E-state index contributed by atoms with van der Waals surface area (Å²) in [6.07, 6.45) is 6.20. The van der Waals surface area contributed by atoms with Gasteiger partial charge in [-0.3, -0.25) is 9.88 Å². The second kappa shape index (κ2) is 5.22. The molecule has 0 amide bonds. The van der Waals surface area contributed by atoms with Gasteiger partial charge >= 0.3 is 0 Å². The Morgan fingerprint density at radius 2 is 2.21 bits per heavy atom. The van der Waals surface area contributed by atoms with Gasteiger partial charge in [0.05, 0.1) is 0 Å². The molecule has 106 valence electrons. The van der Waals surface area contributed by atoms with E-state index in [1.807, 2.05) is 18.5 Å². The summed E-state index contributed by atoms with van der Waals surface area (Å²) < 4.78 is 0. The van der Waals surface area contributed by atoms with Crippen molar-refractivity contribution in [3.63, 3.8) is 0 Å². The molecular formula is C16H27N3. The summed E-state index contributed by atoms with van der Waals surface area (Å²) in [7, 11) is 2.21. The average Bonchev–Trinajstić information content (AvgIpc) is 2.61. The summed E-state index contributed by atoms with van der Waals surface area (Å²) >= 11 is 0. The minimum absolute atomic E-state index is 0.124. The molecule has 3 nitrogen and oxygen atoms in total. The van der Waals surface area contributed by atoms with Crippen molar-refractivity contribution < 1.29 is 0 Å². The summed E-state index contributed by atoms with van der Waals surface area (Å²) in [4.78, 5) is 6.65. The fourth-order valence-corrected chi connectivity index (χ4v) is 3.96. The van der Waals surface area contributed by atoms with Crippen LogP contribution in [0.5, 0.6) is 0 Å². The first-order valence-corrected chi connectivity index (χ1v) is 7.20. The minimum Gasteiger partial charge on any atom is -0.329 e. The number of pyridine rings is 1. The Hall–Kier alpha value is -0.930. The molecule has 2 N–H and O–H groups in total. The van der Waals surface area contributed by atoms with Crippen LogP contribution in [0.25, 0.3) is 0 Å². The summed E-state index contributed by atoms with van der Waals surface area (Å²) in [5.74, 6) is 0.633. The lowest BCUT2D eigenvalue weighted by Gasteiger charge is -2.42. The van der Waals surface area contributed by atoms with Gasteiger partial charge in [0, 0.05) is 31.0 Å². The molecule has 19 heavy (non-hydrogen) atoms. The summed E-state index contributed by atoms with van der Waals surface area (Å²) in [6, 6.07) is 4.14. The SMILES string of the molecule is CC1CC(C)(C)CC1(CN)N(C)Cc1cccnc1. The maximum Gasteiger partial charge on any atom is 0.0362 e. The molecule has 1 aromatic heterocycles. The number of hydrogen-bond acceptors (Lipinski definition) is 3. The summed E-state index contributed by atoms with van der Waals surface area (Å²) in [5.41, 5.74) is 7.95. The highest BCUT2D eigenvalue weighted by atomic mass is 15.2. The zero-order valence-corrected chi connectivity index (χ0v) is 12.7. The van der Waals surface area contributed by atoms with Crippen LogP contribution in [0.3, 0.4) is 0 Å². The van der Waals surface area contributed by atoms with Crippen LogP contribution in [0, 0.1) is 11.3 Å². The smallest absolute Gasteiger partial charge is 0.0362 e. The lowest BCUT2D eigenvalue weighted by Crippen LogP contribution is -2.54. The molecular weight excluding hydrogens is 234 g/mol. The van der Waals surface area contributed by atoms with E-state index >= 15 is 0 Å². The molecule has 1 aliphatic carbocycles. The van der Waals surface area contributed by atoms with Crippen molar-refractivity contribution >= 4 is 0 Å². The molecule has 2 unspecified atom stereocenters. The molecule has 0 bridgehead atoms. The van der Waals surface area contributed by atoms with E-state index in [2.05, 4.69) is 43.8 Å². The van der Waals surface area contributed by atoms with Gasteiger partial charge in [-0.1, -0.05) is 26.8 Å². The molecule has 0 radical (unpaired) electrons. The van der Waals surface area contributed by atoms with E-state index in [4.69, 9.17) is 5.73 Å². The Labute approximate surface area is 117 Å². The third-order valence-corrected chi connectivity index (χ3v) is 4.82. The van der Waals surface area contributed by atoms with Crippen molar-refractivity contribution in [3.8, 4) is 0 Å². The Bertz CT molecular complexity index is 415. The fourth-order valence-electron chi connectivity index (χ4n) is 3.96. The van der Waals surface area contributed by atoms with Crippen molar-refractivity contribution in [2.75, 3.05) is 13.6 Å². The molecule has 0 aromatic carbocycles. The molecule has 1 aliphatic rings. The van der Waals surface area contributed by atoms with Gasteiger partial charge in [-0.15, -0.1) is 0 Å². The topological polar surface area (TPSA) is 42.1 Å². The van der Waals surface area contributed by atoms with Gasteiger partial charge in [-0.2, -0.15) is 0 Å². The van der Waals surface area contributed by atoms with E-state index < -0.39 is 0 Å². The van der Waals surface area contributed by atoms with Crippen LogP contribution in [-0.4, -0.2) is 29.0 Å². The summed E-state index contributed by atoms with van der Waals surface area (Å²) in [5, 5.41) is 0. The Balaban J connectivity index is 2.18. The average molecular weight is 261 g/mol. The van der Waals surface area contributed by atoms with Crippen LogP contribution in [0.15, 0.2) is 24.5 Å². The first kappa shape index (κ1) is 14.5. The molecule has 3 heteroatoms. The van der Waals surface area contributed by atoms with E-state index in [-0.39, 0.29) is 5.54 Å². The first-order chi connectivity index (χ1) is 8.89. The third-order valence-electron chi connectivity index (χ3n) is 4.82. The van der Waals surface area contributed by atoms with Crippen molar-refractivity contribution in [3.05, 3.63) is 30.1 Å². The Kier molecular flexibility index (Phi) is 3.98. The number of rotatable bonds is 4. The zero-order chi connectivity index (χ0) is 14.1. The molecule has 1 aromatic rings. The number of aromatic nitrogens is 1. The monoisotopic (exact) mass is 261 g/mol. The predicted octanol–water partition coefficient (Wildman–Crippen LogP) is 2.67. The van der Waals surface area contributed by atoms with Crippen LogP contribution < -0.4 is 5.73 Å². The highest BCUT2D eigenvalue weighted by Gasteiger charge is 2.49. The molecule has 0 spiro atoms. The number of hydrogen-bond donors (Lipinski definition) is 1. The highest BCUT2D eigenvalue weighted by molar-refractivity contribution is 5.11. The van der Waals surface area contributed by atoms with E-state index in [1.54, 1.807) is 0 Å². The molecule has 1 fully saturated rings. The number of likely N-dealkylation sites (N-methyl/N-ethyl adjacent to an activating group) is 1. The number of nitrogens with two attached hydrogens (primary N) is 1. The minimum atomic E-state index is 0.124. The number of nitrogens with zero attached hydrogens (tertiary/aromatic N) is 2. The fraction of sp³-hybridized carbons (Fsp3) is 0.688. The lowest BCUT2D eigenvalue weighted by atomic mass is 9.84. The Morgan fingerprint density at radius 3 is 2.68 bits per heavy atom. The maximum absolute atomic E-state index is 6.18. The van der Waals surface area contributed by atoms with Crippen LogP contribution in [-0.2, 0) is 6.54 Å².